The molecule has 2 rings (SSSR count). The van der Waals surface area contributed by atoms with Crippen molar-refractivity contribution in [1.29, 1.82) is 0 Å². The van der Waals surface area contributed by atoms with Crippen LogP contribution in [-0.2, 0) is 19.5 Å². The molecule has 0 aliphatic carbocycles. The predicted molar refractivity (Wildman–Crippen MR) is 135 cm³/mol. The van der Waals surface area contributed by atoms with Crippen LogP contribution in [0.2, 0.25) is 0 Å². The van der Waals surface area contributed by atoms with Crippen molar-refractivity contribution in [2.75, 3.05) is 26.2 Å². The zero-order chi connectivity index (χ0) is 25.5. The molecule has 0 fully saturated rings. The van der Waals surface area contributed by atoms with Crippen LogP contribution < -0.4 is 0 Å². The molecule has 2 aromatic rings. The summed E-state index contributed by atoms with van der Waals surface area (Å²) in [5.74, 6) is -1.22. The topological polar surface area (TPSA) is 125 Å². The molecule has 0 amide bonds. The third kappa shape index (κ3) is 7.22. The van der Waals surface area contributed by atoms with Gasteiger partial charge in [-0.15, -0.1) is 0 Å². The Hall–Kier alpha value is -3.05. The van der Waals surface area contributed by atoms with Crippen LogP contribution in [0.5, 0.6) is 0 Å². The molecule has 0 bridgehead atoms. The number of amidine groups is 1. The Labute approximate surface area is 203 Å². The SMILES string of the molecule is CCC(C)C(=NC(=NC)SCC(=O)O)c1cc(-c2cccc(S(C)(=O)=O)c2)cc([N+](=O)OC)c1. The fraction of sp³-hybridized carbons (Fsp3) is 0.348. The summed E-state index contributed by atoms with van der Waals surface area (Å²) in [6.07, 6.45) is 1.86. The summed E-state index contributed by atoms with van der Waals surface area (Å²) in [4.78, 5) is 37.4. The maximum absolute atomic E-state index is 12.4. The minimum atomic E-state index is -3.43. The average molecular weight is 507 g/mol. The van der Waals surface area contributed by atoms with Crippen LogP contribution in [0.3, 0.4) is 0 Å². The second-order valence-corrected chi connectivity index (χ2v) is 10.5. The highest BCUT2D eigenvalue weighted by molar-refractivity contribution is 8.14. The van der Waals surface area contributed by atoms with E-state index >= 15 is 0 Å². The van der Waals surface area contributed by atoms with E-state index in [4.69, 9.17) is 9.94 Å². The molecule has 0 saturated carbocycles. The summed E-state index contributed by atoms with van der Waals surface area (Å²) < 4.78 is 24.1. The lowest BCUT2D eigenvalue weighted by Crippen LogP contribution is -2.15. The van der Waals surface area contributed by atoms with Crippen molar-refractivity contribution >= 4 is 44.1 Å². The second kappa shape index (κ2) is 11.9. The number of nitrogens with zero attached hydrogens (tertiary/aromatic N) is 3. The summed E-state index contributed by atoms with van der Waals surface area (Å²) in [5.41, 5.74) is 2.63. The molecular weight excluding hydrogens is 478 g/mol. The Morgan fingerprint density at radius 1 is 1.21 bits per heavy atom. The van der Waals surface area contributed by atoms with Crippen molar-refractivity contribution in [3.63, 3.8) is 0 Å². The van der Waals surface area contributed by atoms with Crippen molar-refractivity contribution < 1.29 is 28.1 Å². The first-order valence-electron chi connectivity index (χ1n) is 10.4. The maximum Gasteiger partial charge on any atom is 0.318 e. The molecule has 0 heterocycles. The molecule has 0 aliphatic rings. The Kier molecular flexibility index (Phi) is 9.51. The molecule has 182 valence electrons. The summed E-state index contributed by atoms with van der Waals surface area (Å²) in [5, 5.41) is 9.31. The number of benzene rings is 2. The summed E-state index contributed by atoms with van der Waals surface area (Å²) in [7, 11) is -0.648. The molecular formula is C23H28N3O6S2+. The monoisotopic (exact) mass is 506 g/mol. The van der Waals surface area contributed by atoms with E-state index in [0.29, 0.717) is 32.5 Å². The smallest absolute Gasteiger partial charge is 0.318 e. The standard InChI is InChI=1S/C23H27N3O6S2/c1-6-15(2)22(25-23(24-3)33-14-21(27)28)18-10-17(11-19(12-18)26(29)32-4)16-8-7-9-20(13-16)34(5,30)31/h7-13,15H,6,14H2,1-5H3/p+1. The third-order valence-corrected chi connectivity index (χ3v) is 7.03. The number of rotatable bonds is 9. The van der Waals surface area contributed by atoms with E-state index in [-0.39, 0.29) is 22.3 Å². The van der Waals surface area contributed by atoms with Gasteiger partial charge in [-0.25, -0.2) is 18.2 Å². The molecule has 2 aromatic carbocycles. The molecule has 0 aliphatic heterocycles. The predicted octanol–water partition coefficient (Wildman–Crippen LogP) is 4.37. The third-order valence-electron chi connectivity index (χ3n) is 5.00. The van der Waals surface area contributed by atoms with Crippen molar-refractivity contribution in [2.45, 2.75) is 25.2 Å². The summed E-state index contributed by atoms with van der Waals surface area (Å²) in [6.45, 7) is 3.96. The van der Waals surface area contributed by atoms with Gasteiger partial charge in [0.15, 0.2) is 22.1 Å². The molecule has 1 unspecified atom stereocenters. The Morgan fingerprint density at radius 3 is 2.47 bits per heavy atom. The van der Waals surface area contributed by atoms with Crippen LogP contribution in [0.25, 0.3) is 11.1 Å². The van der Waals surface area contributed by atoms with E-state index in [9.17, 15) is 18.1 Å². The van der Waals surface area contributed by atoms with Crippen molar-refractivity contribution in [3.8, 4) is 11.1 Å². The van der Waals surface area contributed by atoms with Gasteiger partial charge in [-0.3, -0.25) is 9.79 Å². The zero-order valence-corrected chi connectivity index (χ0v) is 21.3. The number of aliphatic carboxylic acids is 1. The minimum Gasteiger partial charge on any atom is -0.481 e. The lowest BCUT2D eigenvalue weighted by atomic mass is 9.93. The second-order valence-electron chi connectivity index (χ2n) is 7.50. The Bertz CT molecular complexity index is 1240. The molecule has 0 saturated heterocycles. The van der Waals surface area contributed by atoms with Gasteiger partial charge in [0.25, 0.3) is 4.92 Å². The van der Waals surface area contributed by atoms with Gasteiger partial charge in [0.1, 0.15) is 0 Å². The first kappa shape index (κ1) is 27.2. The van der Waals surface area contributed by atoms with Gasteiger partial charge < -0.3 is 5.11 Å². The molecule has 11 heteroatoms. The number of carboxylic acids is 1. The normalized spacial score (nSPS) is 13.4. The fourth-order valence-corrected chi connectivity index (χ4v) is 4.28. The lowest BCUT2D eigenvalue weighted by molar-refractivity contribution is -0.736. The van der Waals surface area contributed by atoms with Gasteiger partial charge in [0, 0.05) is 31.0 Å². The molecule has 0 aromatic heterocycles. The number of carbonyl (C=O) groups is 1. The first-order chi connectivity index (χ1) is 16.0. The van der Waals surface area contributed by atoms with E-state index in [0.717, 1.165) is 24.4 Å². The maximum atomic E-state index is 12.4. The van der Waals surface area contributed by atoms with Gasteiger partial charge >= 0.3 is 11.7 Å². The molecule has 0 radical (unpaired) electrons. The van der Waals surface area contributed by atoms with Crippen molar-refractivity contribution in [3.05, 3.63) is 52.9 Å². The minimum absolute atomic E-state index is 0.0460. The molecule has 9 nitrogen and oxygen atoms in total. The molecule has 1 atom stereocenters. The Balaban J connectivity index is 2.73. The number of hydrogen-bond donors (Lipinski definition) is 1. The lowest BCUT2D eigenvalue weighted by Gasteiger charge is -2.15. The highest BCUT2D eigenvalue weighted by atomic mass is 32.2. The van der Waals surface area contributed by atoms with Gasteiger partial charge in [0.2, 0.25) is 0 Å². The quantitative estimate of drug-likeness (QED) is 0.304. The van der Waals surface area contributed by atoms with Gasteiger partial charge in [0.05, 0.1) is 21.3 Å². The number of thioether (sulfide) groups is 1. The number of carboxylic acid groups (broad SMARTS) is 1. The van der Waals surface area contributed by atoms with Crippen LogP contribution in [0.15, 0.2) is 57.3 Å². The van der Waals surface area contributed by atoms with E-state index < -0.39 is 15.8 Å². The highest BCUT2D eigenvalue weighted by Crippen LogP contribution is 2.30. The molecule has 1 N–H and O–H groups in total. The average Bonchev–Trinajstić information content (AvgIpc) is 2.82. The van der Waals surface area contributed by atoms with Gasteiger partial charge in [-0.05, 0) is 41.7 Å². The number of aliphatic imine (C=N–C) groups is 2. The van der Waals surface area contributed by atoms with E-state index in [2.05, 4.69) is 9.98 Å². The number of sulfone groups is 1. The van der Waals surface area contributed by atoms with E-state index in [1.54, 1.807) is 30.3 Å². The number of hydrogen-bond acceptors (Lipinski definition) is 7. The van der Waals surface area contributed by atoms with Crippen LogP contribution in [-0.4, -0.2) is 61.5 Å². The van der Waals surface area contributed by atoms with Gasteiger partial charge in [-0.1, -0.05) is 37.7 Å². The van der Waals surface area contributed by atoms with Gasteiger partial charge in [-0.2, -0.15) is 0 Å². The van der Waals surface area contributed by atoms with E-state index in [1.165, 1.54) is 20.2 Å². The zero-order valence-electron chi connectivity index (χ0n) is 19.7. The van der Waals surface area contributed by atoms with Crippen molar-refractivity contribution in [1.82, 2.24) is 0 Å². The van der Waals surface area contributed by atoms with Crippen LogP contribution in [0.4, 0.5) is 5.69 Å². The molecule has 34 heavy (non-hydrogen) atoms. The van der Waals surface area contributed by atoms with Crippen LogP contribution in [0.1, 0.15) is 25.8 Å². The largest absolute Gasteiger partial charge is 0.481 e. The summed E-state index contributed by atoms with van der Waals surface area (Å²) in [6, 6.07) is 11.5. The van der Waals surface area contributed by atoms with Crippen LogP contribution in [0, 0.1) is 10.8 Å². The fourth-order valence-electron chi connectivity index (χ4n) is 3.07. The highest BCUT2D eigenvalue weighted by Gasteiger charge is 2.22. The van der Waals surface area contributed by atoms with Crippen LogP contribution >= 0.6 is 11.8 Å². The van der Waals surface area contributed by atoms with Crippen molar-refractivity contribution in [2.24, 2.45) is 15.9 Å². The first-order valence-corrected chi connectivity index (χ1v) is 13.2. The molecule has 0 spiro atoms. The van der Waals surface area contributed by atoms with E-state index in [1.807, 2.05) is 19.9 Å². The Morgan fingerprint density at radius 2 is 1.91 bits per heavy atom. The summed E-state index contributed by atoms with van der Waals surface area (Å²) >= 11 is 1.00.